The summed E-state index contributed by atoms with van der Waals surface area (Å²) in [5.74, 6) is 0.160. The van der Waals surface area contributed by atoms with Gasteiger partial charge in [0, 0.05) is 41.4 Å². The molecule has 2 heterocycles. The van der Waals surface area contributed by atoms with Gasteiger partial charge in [0.05, 0.1) is 17.7 Å². The third-order valence-electron chi connectivity index (χ3n) is 4.53. The highest BCUT2D eigenvalue weighted by molar-refractivity contribution is 6.35. The SMILES string of the molecule is CCNc1nccc(CNC(=O)C2(C)CC(=O)N(c3cc(Cl)cc(Cl)c3)C2)n1. The maximum absolute atomic E-state index is 12.8. The third kappa shape index (κ3) is 4.54. The molecule has 0 radical (unpaired) electrons. The van der Waals surface area contributed by atoms with E-state index in [2.05, 4.69) is 20.6 Å². The van der Waals surface area contributed by atoms with Crippen molar-refractivity contribution in [2.24, 2.45) is 5.41 Å². The predicted octanol–water partition coefficient (Wildman–Crippen LogP) is 3.27. The summed E-state index contributed by atoms with van der Waals surface area (Å²) in [6.07, 6.45) is 1.74. The van der Waals surface area contributed by atoms with E-state index < -0.39 is 5.41 Å². The molecule has 1 saturated heterocycles. The second kappa shape index (κ2) is 8.32. The van der Waals surface area contributed by atoms with Crippen LogP contribution in [-0.2, 0) is 16.1 Å². The second-order valence-electron chi connectivity index (χ2n) is 6.93. The van der Waals surface area contributed by atoms with Crippen LogP contribution in [0.3, 0.4) is 0 Å². The summed E-state index contributed by atoms with van der Waals surface area (Å²) in [6, 6.07) is 6.67. The minimum Gasteiger partial charge on any atom is -0.354 e. The molecule has 9 heteroatoms. The van der Waals surface area contributed by atoms with Gasteiger partial charge in [-0.2, -0.15) is 0 Å². The maximum atomic E-state index is 12.8. The van der Waals surface area contributed by atoms with Gasteiger partial charge in [0.2, 0.25) is 17.8 Å². The van der Waals surface area contributed by atoms with Crippen LogP contribution in [0.5, 0.6) is 0 Å². The highest BCUT2D eigenvalue weighted by atomic mass is 35.5. The van der Waals surface area contributed by atoms with Crippen molar-refractivity contribution in [1.82, 2.24) is 15.3 Å². The van der Waals surface area contributed by atoms with E-state index in [1.807, 2.05) is 6.92 Å². The van der Waals surface area contributed by atoms with Gasteiger partial charge in [0.1, 0.15) is 0 Å². The topological polar surface area (TPSA) is 87.2 Å². The number of hydrogen-bond donors (Lipinski definition) is 2. The van der Waals surface area contributed by atoms with E-state index in [4.69, 9.17) is 23.2 Å². The molecule has 0 saturated carbocycles. The minimum atomic E-state index is -0.858. The molecule has 28 heavy (non-hydrogen) atoms. The van der Waals surface area contributed by atoms with Crippen molar-refractivity contribution in [1.29, 1.82) is 0 Å². The van der Waals surface area contributed by atoms with Gasteiger partial charge in [-0.05, 0) is 38.1 Å². The van der Waals surface area contributed by atoms with Crippen molar-refractivity contribution in [3.05, 3.63) is 46.2 Å². The Kier molecular flexibility index (Phi) is 6.05. The fourth-order valence-electron chi connectivity index (χ4n) is 3.13. The zero-order valence-electron chi connectivity index (χ0n) is 15.6. The summed E-state index contributed by atoms with van der Waals surface area (Å²) in [5, 5.41) is 6.78. The lowest BCUT2D eigenvalue weighted by molar-refractivity contribution is -0.131. The number of nitrogens with one attached hydrogen (secondary N) is 2. The van der Waals surface area contributed by atoms with Crippen LogP contribution in [-0.4, -0.2) is 34.9 Å². The van der Waals surface area contributed by atoms with Crippen molar-refractivity contribution in [2.75, 3.05) is 23.3 Å². The molecule has 1 aromatic carbocycles. The van der Waals surface area contributed by atoms with Crippen LogP contribution >= 0.6 is 23.2 Å². The van der Waals surface area contributed by atoms with Crippen LogP contribution in [0.15, 0.2) is 30.5 Å². The largest absolute Gasteiger partial charge is 0.354 e. The molecule has 1 unspecified atom stereocenters. The molecule has 1 atom stereocenters. The average molecular weight is 422 g/mol. The first kappa shape index (κ1) is 20.4. The normalized spacial score (nSPS) is 19.0. The highest BCUT2D eigenvalue weighted by Crippen LogP contribution is 2.36. The molecule has 2 amide bonds. The Morgan fingerprint density at radius 3 is 2.68 bits per heavy atom. The summed E-state index contributed by atoms with van der Waals surface area (Å²) in [7, 11) is 0. The number of aromatic nitrogens is 2. The lowest BCUT2D eigenvalue weighted by atomic mass is 9.88. The summed E-state index contributed by atoms with van der Waals surface area (Å²) < 4.78 is 0. The van der Waals surface area contributed by atoms with Crippen LogP contribution in [0, 0.1) is 5.41 Å². The molecule has 1 fully saturated rings. The monoisotopic (exact) mass is 421 g/mol. The van der Waals surface area contributed by atoms with E-state index in [1.54, 1.807) is 42.3 Å². The van der Waals surface area contributed by atoms with E-state index >= 15 is 0 Å². The quantitative estimate of drug-likeness (QED) is 0.746. The number of carbonyl (C=O) groups is 2. The standard InChI is InChI=1S/C19H21Cl2N5O2/c1-3-22-18-23-5-4-14(25-18)10-24-17(28)19(2)9-16(27)26(11-19)15-7-12(20)6-13(21)8-15/h4-8H,3,9-11H2,1-2H3,(H,24,28)(H,22,23,25). The Labute approximate surface area is 173 Å². The van der Waals surface area contributed by atoms with Gasteiger partial charge in [-0.25, -0.2) is 9.97 Å². The van der Waals surface area contributed by atoms with Crippen LogP contribution in [0.2, 0.25) is 10.0 Å². The number of hydrogen-bond acceptors (Lipinski definition) is 5. The Hall–Kier alpha value is -2.38. The number of amides is 2. The molecule has 1 aliphatic rings. The molecular formula is C19H21Cl2N5O2. The molecule has 0 aliphatic carbocycles. The van der Waals surface area contributed by atoms with Crippen LogP contribution in [0.4, 0.5) is 11.6 Å². The first-order valence-corrected chi connectivity index (χ1v) is 9.67. The van der Waals surface area contributed by atoms with Crippen molar-refractivity contribution < 1.29 is 9.59 Å². The molecular weight excluding hydrogens is 401 g/mol. The van der Waals surface area contributed by atoms with Gasteiger partial charge >= 0.3 is 0 Å². The Balaban J connectivity index is 1.68. The number of carbonyl (C=O) groups excluding carboxylic acids is 2. The van der Waals surface area contributed by atoms with Crippen molar-refractivity contribution in [2.45, 2.75) is 26.8 Å². The molecule has 148 valence electrons. The Morgan fingerprint density at radius 1 is 1.29 bits per heavy atom. The predicted molar refractivity (Wildman–Crippen MR) is 110 cm³/mol. The van der Waals surface area contributed by atoms with Crippen molar-refractivity contribution in [3.63, 3.8) is 0 Å². The first-order chi connectivity index (χ1) is 13.3. The first-order valence-electron chi connectivity index (χ1n) is 8.91. The molecule has 2 N–H and O–H groups in total. The lowest BCUT2D eigenvalue weighted by Gasteiger charge is -2.23. The smallest absolute Gasteiger partial charge is 0.228 e. The highest BCUT2D eigenvalue weighted by Gasteiger charge is 2.45. The number of halogens is 2. The summed E-state index contributed by atoms with van der Waals surface area (Å²) in [5.41, 5.74) is 0.416. The summed E-state index contributed by atoms with van der Waals surface area (Å²) in [4.78, 5) is 35.3. The summed E-state index contributed by atoms with van der Waals surface area (Å²) >= 11 is 12.1. The number of benzene rings is 1. The number of anilines is 2. The zero-order valence-corrected chi connectivity index (χ0v) is 17.1. The summed E-state index contributed by atoms with van der Waals surface area (Å²) in [6.45, 7) is 4.94. The van der Waals surface area contributed by atoms with E-state index in [9.17, 15) is 9.59 Å². The Bertz CT molecular complexity index is 887. The van der Waals surface area contributed by atoms with Gasteiger partial charge < -0.3 is 15.5 Å². The van der Waals surface area contributed by atoms with Gasteiger partial charge in [-0.15, -0.1) is 0 Å². The molecule has 1 aliphatic heterocycles. The van der Waals surface area contributed by atoms with Gasteiger partial charge in [-0.1, -0.05) is 23.2 Å². The number of rotatable bonds is 6. The van der Waals surface area contributed by atoms with Gasteiger partial charge in [0.25, 0.3) is 0 Å². The minimum absolute atomic E-state index is 0.107. The van der Waals surface area contributed by atoms with Gasteiger partial charge in [-0.3, -0.25) is 9.59 Å². The van der Waals surface area contributed by atoms with Crippen LogP contribution in [0.1, 0.15) is 26.0 Å². The third-order valence-corrected chi connectivity index (χ3v) is 4.97. The van der Waals surface area contributed by atoms with Gasteiger partial charge in [0.15, 0.2) is 0 Å². The zero-order chi connectivity index (χ0) is 20.3. The number of nitrogens with zero attached hydrogens (tertiary/aromatic N) is 3. The molecule has 2 aromatic rings. The van der Waals surface area contributed by atoms with E-state index in [-0.39, 0.29) is 31.3 Å². The fourth-order valence-corrected chi connectivity index (χ4v) is 3.64. The molecule has 3 rings (SSSR count). The van der Waals surface area contributed by atoms with E-state index in [0.717, 1.165) is 0 Å². The van der Waals surface area contributed by atoms with Crippen LogP contribution < -0.4 is 15.5 Å². The molecule has 1 aromatic heterocycles. The van der Waals surface area contributed by atoms with E-state index in [1.165, 1.54) is 0 Å². The Morgan fingerprint density at radius 2 is 2.00 bits per heavy atom. The molecule has 0 spiro atoms. The average Bonchev–Trinajstić information content (AvgIpc) is 2.95. The lowest BCUT2D eigenvalue weighted by Crippen LogP contribution is -2.40. The molecule has 0 bridgehead atoms. The van der Waals surface area contributed by atoms with Crippen LogP contribution in [0.25, 0.3) is 0 Å². The maximum Gasteiger partial charge on any atom is 0.228 e. The molecule has 7 nitrogen and oxygen atoms in total. The fraction of sp³-hybridized carbons (Fsp3) is 0.368. The van der Waals surface area contributed by atoms with E-state index in [0.29, 0.717) is 33.9 Å². The second-order valence-corrected chi connectivity index (χ2v) is 7.80. The van der Waals surface area contributed by atoms with Crippen molar-refractivity contribution >= 4 is 46.7 Å². The van der Waals surface area contributed by atoms with Crippen molar-refractivity contribution in [3.8, 4) is 0 Å².